The lowest BCUT2D eigenvalue weighted by Crippen LogP contribution is -2.53. The lowest BCUT2D eigenvalue weighted by molar-refractivity contribution is -0.140. The lowest BCUT2D eigenvalue weighted by atomic mass is 9.62. The number of rotatable bonds is 7. The maximum atomic E-state index is 12.7. The van der Waals surface area contributed by atoms with Crippen molar-refractivity contribution < 1.29 is 14.7 Å². The SMILES string of the molecule is O=C(O)[C@H](Cc1ccc(-n2c(C3CCCNC3)nc3cccnc32)cc1)NC1=C(Br)C(=O)C12CCCCC2. The average molecular weight is 579 g/mol. The molecule has 0 bridgehead atoms. The maximum Gasteiger partial charge on any atom is 0.326 e. The van der Waals surface area contributed by atoms with Gasteiger partial charge in [-0.05, 0) is 78.0 Å². The van der Waals surface area contributed by atoms with Crippen LogP contribution in [0, 0.1) is 5.41 Å². The summed E-state index contributed by atoms with van der Waals surface area (Å²) in [4.78, 5) is 34.6. The van der Waals surface area contributed by atoms with Crippen molar-refractivity contribution in [1.82, 2.24) is 25.2 Å². The van der Waals surface area contributed by atoms with E-state index in [0.717, 1.165) is 92.0 Å². The molecular formula is C29H32BrN5O3. The van der Waals surface area contributed by atoms with Gasteiger partial charge in [0.2, 0.25) is 0 Å². The fourth-order valence-electron chi connectivity index (χ4n) is 6.34. The first-order valence-corrected chi connectivity index (χ1v) is 14.3. The fourth-order valence-corrected chi connectivity index (χ4v) is 7.21. The molecule has 1 spiro atoms. The predicted octanol–water partition coefficient (Wildman–Crippen LogP) is 4.61. The number of carboxylic acid groups (broad SMARTS) is 1. The molecule has 1 aromatic carbocycles. The van der Waals surface area contributed by atoms with Crippen LogP contribution in [0.2, 0.25) is 0 Å². The third-order valence-corrected chi connectivity index (χ3v) is 9.15. The molecule has 0 radical (unpaired) electrons. The number of hydrogen-bond acceptors (Lipinski definition) is 6. The van der Waals surface area contributed by atoms with E-state index in [9.17, 15) is 14.7 Å². The highest BCUT2D eigenvalue weighted by molar-refractivity contribution is 9.12. The van der Waals surface area contributed by atoms with Gasteiger partial charge in [-0.2, -0.15) is 0 Å². The number of imidazole rings is 1. The summed E-state index contributed by atoms with van der Waals surface area (Å²) in [6, 6.07) is 11.1. The van der Waals surface area contributed by atoms with Crippen LogP contribution < -0.4 is 10.6 Å². The first-order valence-electron chi connectivity index (χ1n) is 13.6. The molecule has 1 saturated carbocycles. The van der Waals surface area contributed by atoms with Crippen LogP contribution in [0.1, 0.15) is 62.3 Å². The molecule has 2 aliphatic carbocycles. The number of aliphatic carboxylic acids is 1. The van der Waals surface area contributed by atoms with Crippen LogP contribution in [0.5, 0.6) is 0 Å². The van der Waals surface area contributed by atoms with Crippen LogP contribution >= 0.6 is 15.9 Å². The van der Waals surface area contributed by atoms with Crippen molar-refractivity contribution >= 4 is 38.8 Å². The predicted molar refractivity (Wildman–Crippen MR) is 148 cm³/mol. The van der Waals surface area contributed by atoms with Crippen LogP contribution in [-0.4, -0.2) is 50.5 Å². The number of piperidine rings is 1. The van der Waals surface area contributed by atoms with Crippen molar-refractivity contribution in [2.24, 2.45) is 5.41 Å². The summed E-state index contributed by atoms with van der Waals surface area (Å²) in [6.07, 6.45) is 8.98. The summed E-state index contributed by atoms with van der Waals surface area (Å²) >= 11 is 3.41. The van der Waals surface area contributed by atoms with Gasteiger partial charge in [0, 0.05) is 36.5 Å². The van der Waals surface area contributed by atoms with E-state index in [-0.39, 0.29) is 5.78 Å². The largest absolute Gasteiger partial charge is 0.480 e. The average Bonchev–Trinajstić information content (AvgIpc) is 3.35. The Balaban J connectivity index is 1.25. The van der Waals surface area contributed by atoms with Crippen LogP contribution in [0.4, 0.5) is 0 Å². The van der Waals surface area contributed by atoms with Crippen LogP contribution in [-0.2, 0) is 16.0 Å². The van der Waals surface area contributed by atoms with E-state index in [2.05, 4.69) is 36.1 Å². The number of carbonyl (C=O) groups is 2. The summed E-state index contributed by atoms with van der Waals surface area (Å²) < 4.78 is 2.64. The Kier molecular flexibility index (Phi) is 6.82. The van der Waals surface area contributed by atoms with Crippen molar-refractivity contribution in [1.29, 1.82) is 0 Å². The van der Waals surface area contributed by atoms with Gasteiger partial charge < -0.3 is 15.7 Å². The Labute approximate surface area is 230 Å². The molecule has 198 valence electrons. The Morgan fingerprint density at radius 2 is 1.97 bits per heavy atom. The second kappa shape index (κ2) is 10.3. The monoisotopic (exact) mass is 577 g/mol. The fraction of sp³-hybridized carbons (Fsp3) is 0.448. The number of aromatic nitrogens is 3. The number of allylic oxidation sites excluding steroid dienone is 2. The maximum absolute atomic E-state index is 12.7. The van der Waals surface area contributed by atoms with Crippen LogP contribution in [0.25, 0.3) is 16.9 Å². The van der Waals surface area contributed by atoms with Gasteiger partial charge in [-0.15, -0.1) is 0 Å². The van der Waals surface area contributed by atoms with Crippen molar-refractivity contribution in [3.05, 3.63) is 64.2 Å². The zero-order valence-corrected chi connectivity index (χ0v) is 22.8. The number of pyridine rings is 1. The first kappa shape index (κ1) is 25.2. The number of hydrogen-bond donors (Lipinski definition) is 3. The van der Waals surface area contributed by atoms with Crippen LogP contribution in [0.15, 0.2) is 52.8 Å². The lowest BCUT2D eigenvalue weighted by Gasteiger charge is -2.46. The van der Waals surface area contributed by atoms with Gasteiger partial charge in [-0.25, -0.2) is 14.8 Å². The molecule has 38 heavy (non-hydrogen) atoms. The van der Waals surface area contributed by atoms with E-state index in [4.69, 9.17) is 4.98 Å². The molecule has 1 unspecified atom stereocenters. The zero-order chi connectivity index (χ0) is 26.3. The minimum Gasteiger partial charge on any atom is -0.480 e. The molecule has 3 aliphatic rings. The van der Waals surface area contributed by atoms with Crippen molar-refractivity contribution in [3.8, 4) is 5.69 Å². The number of carboxylic acids is 1. The second-order valence-corrected chi connectivity index (χ2v) is 11.6. The number of benzene rings is 1. The second-order valence-electron chi connectivity index (χ2n) is 10.8. The summed E-state index contributed by atoms with van der Waals surface area (Å²) in [5.74, 6) is 0.498. The Morgan fingerprint density at radius 3 is 2.68 bits per heavy atom. The Hall–Kier alpha value is -3.04. The number of fused-ring (bicyclic) bond motifs is 1. The molecular weight excluding hydrogens is 546 g/mol. The summed E-state index contributed by atoms with van der Waals surface area (Å²) in [5, 5.41) is 16.8. The normalized spacial score (nSPS) is 21.9. The molecule has 2 fully saturated rings. The molecule has 3 aromatic rings. The first-order chi connectivity index (χ1) is 18.5. The van der Waals surface area contributed by atoms with Gasteiger partial charge in [0.05, 0.1) is 9.90 Å². The molecule has 1 aliphatic heterocycles. The van der Waals surface area contributed by atoms with E-state index in [0.29, 0.717) is 16.8 Å². The number of nitrogens with one attached hydrogen (secondary N) is 2. The molecule has 2 atom stereocenters. The molecule has 9 heteroatoms. The van der Waals surface area contributed by atoms with Gasteiger partial charge in [-0.1, -0.05) is 31.4 Å². The smallest absolute Gasteiger partial charge is 0.326 e. The zero-order valence-electron chi connectivity index (χ0n) is 21.3. The molecule has 2 aromatic heterocycles. The van der Waals surface area contributed by atoms with Gasteiger partial charge >= 0.3 is 5.97 Å². The Bertz CT molecular complexity index is 1400. The topological polar surface area (TPSA) is 109 Å². The van der Waals surface area contributed by atoms with Gasteiger partial charge in [-0.3, -0.25) is 9.36 Å². The van der Waals surface area contributed by atoms with Crippen molar-refractivity contribution in [2.75, 3.05) is 13.1 Å². The molecule has 8 nitrogen and oxygen atoms in total. The van der Waals surface area contributed by atoms with E-state index in [1.54, 1.807) is 6.20 Å². The highest BCUT2D eigenvalue weighted by Crippen LogP contribution is 2.53. The molecule has 3 N–H and O–H groups in total. The molecule has 1 saturated heterocycles. The van der Waals surface area contributed by atoms with E-state index in [1.807, 2.05) is 36.4 Å². The van der Waals surface area contributed by atoms with Crippen molar-refractivity contribution in [3.63, 3.8) is 0 Å². The van der Waals surface area contributed by atoms with Gasteiger partial charge in [0.25, 0.3) is 0 Å². The summed E-state index contributed by atoms with van der Waals surface area (Å²) in [5.41, 5.74) is 3.81. The standard InChI is InChI=1S/C29H32BrN5O3/c30-23-24(29(25(23)36)12-2-1-3-13-29)33-22(28(37)38)16-18-8-10-20(11-9-18)35-26(19-6-4-14-31-17-19)34-21-7-5-15-32-27(21)35/h5,7-11,15,19,22,31,33H,1-4,6,12-14,16-17H2,(H,37,38)/t19?,22-/m0/s1. The third kappa shape index (κ3) is 4.35. The molecule has 3 heterocycles. The summed E-state index contributed by atoms with van der Waals surface area (Å²) in [6.45, 7) is 1.92. The van der Waals surface area contributed by atoms with Gasteiger partial charge in [0.15, 0.2) is 11.4 Å². The molecule has 6 rings (SSSR count). The highest BCUT2D eigenvalue weighted by atomic mass is 79.9. The third-order valence-electron chi connectivity index (χ3n) is 8.39. The summed E-state index contributed by atoms with van der Waals surface area (Å²) in [7, 11) is 0. The van der Waals surface area contributed by atoms with Crippen LogP contribution in [0.3, 0.4) is 0 Å². The van der Waals surface area contributed by atoms with E-state index >= 15 is 0 Å². The highest BCUT2D eigenvalue weighted by Gasteiger charge is 2.53. The Morgan fingerprint density at radius 1 is 1.18 bits per heavy atom. The number of halogens is 1. The van der Waals surface area contributed by atoms with E-state index < -0.39 is 17.4 Å². The number of carbonyl (C=O) groups excluding carboxylic acids is 1. The molecule has 0 amide bonds. The van der Waals surface area contributed by atoms with Crippen molar-refractivity contribution in [2.45, 2.75) is 63.3 Å². The quantitative estimate of drug-likeness (QED) is 0.376. The number of Topliss-reactive ketones (excluding diaryl/α,β-unsaturated/α-hetero) is 1. The minimum absolute atomic E-state index is 0.110. The van der Waals surface area contributed by atoms with Gasteiger partial charge in [0.1, 0.15) is 17.4 Å². The van der Waals surface area contributed by atoms with E-state index in [1.165, 1.54) is 0 Å². The number of nitrogens with zero attached hydrogens (tertiary/aromatic N) is 3. The number of ketones is 1. The minimum atomic E-state index is -0.927.